The van der Waals surface area contributed by atoms with Crippen LogP contribution in [-0.2, 0) is 20.9 Å². The first-order valence-electron chi connectivity index (χ1n) is 5.87. The largest absolute Gasteiger partial charge is 0.550 e. The van der Waals surface area contributed by atoms with E-state index < -0.39 is 30.5 Å². The number of aliphatic carboxylic acids is 2. The molecular weight excluding hydrogens is 266 g/mol. The highest BCUT2D eigenvalue weighted by molar-refractivity contribution is 5.79. The summed E-state index contributed by atoms with van der Waals surface area (Å²) in [6.07, 6.45) is -1.79. The third-order valence-corrected chi connectivity index (χ3v) is 2.43. The van der Waals surface area contributed by atoms with Gasteiger partial charge in [-0.05, 0) is 18.4 Å². The van der Waals surface area contributed by atoms with Gasteiger partial charge in [-0.1, -0.05) is 30.3 Å². The first-order valence-corrected chi connectivity index (χ1v) is 5.87. The Bertz CT molecular complexity index is 473. The molecule has 0 saturated heterocycles. The van der Waals surface area contributed by atoms with E-state index in [-0.39, 0.29) is 13.0 Å². The van der Waals surface area contributed by atoms with Crippen LogP contribution in [0.2, 0.25) is 0 Å². The van der Waals surface area contributed by atoms with Crippen LogP contribution in [0.15, 0.2) is 30.3 Å². The van der Waals surface area contributed by atoms with Crippen LogP contribution in [0.1, 0.15) is 18.4 Å². The molecule has 0 aromatic heterocycles. The zero-order valence-electron chi connectivity index (χ0n) is 10.5. The van der Waals surface area contributed by atoms with E-state index in [0.29, 0.717) is 0 Å². The van der Waals surface area contributed by atoms with Crippen molar-refractivity contribution >= 4 is 18.0 Å². The summed E-state index contributed by atoms with van der Waals surface area (Å²) in [4.78, 5) is 32.4. The maximum atomic E-state index is 11.4. The number of hydrogen-bond acceptors (Lipinski definition) is 6. The van der Waals surface area contributed by atoms with Crippen molar-refractivity contribution in [2.24, 2.45) is 0 Å². The van der Waals surface area contributed by atoms with Crippen molar-refractivity contribution in [3.05, 3.63) is 35.9 Å². The molecule has 0 radical (unpaired) electrons. The number of carbonyl (C=O) groups is 3. The minimum absolute atomic E-state index is 0.0209. The van der Waals surface area contributed by atoms with Crippen LogP contribution in [0, 0.1) is 0 Å². The van der Waals surface area contributed by atoms with Crippen molar-refractivity contribution in [2.45, 2.75) is 25.5 Å². The normalized spacial score (nSPS) is 11.4. The predicted molar refractivity (Wildman–Crippen MR) is 62.8 cm³/mol. The number of nitrogens with one attached hydrogen (secondary N) is 1. The van der Waals surface area contributed by atoms with E-state index in [1.165, 1.54) is 0 Å². The lowest BCUT2D eigenvalue weighted by Gasteiger charge is -2.19. The number of alkyl carbamates (subject to hydrolysis) is 1. The minimum atomic E-state index is -1.58. The molecule has 0 fully saturated rings. The Hall–Kier alpha value is -2.57. The van der Waals surface area contributed by atoms with Crippen LogP contribution in [0.25, 0.3) is 0 Å². The van der Waals surface area contributed by atoms with Crippen LogP contribution in [-0.4, -0.2) is 24.1 Å². The predicted octanol–water partition coefficient (Wildman–Crippen LogP) is -1.44. The van der Waals surface area contributed by atoms with Gasteiger partial charge < -0.3 is 29.9 Å². The Morgan fingerprint density at radius 2 is 1.80 bits per heavy atom. The van der Waals surface area contributed by atoms with Crippen LogP contribution in [0.5, 0.6) is 0 Å². The Labute approximate surface area is 115 Å². The Balaban J connectivity index is 2.41. The first kappa shape index (κ1) is 15.5. The lowest BCUT2D eigenvalue weighted by Crippen LogP contribution is -2.48. The van der Waals surface area contributed by atoms with Crippen LogP contribution >= 0.6 is 0 Å². The molecule has 0 spiro atoms. The summed E-state index contributed by atoms with van der Waals surface area (Å²) in [5, 5.41) is 23.0. The molecule has 1 rings (SSSR count). The van der Waals surface area contributed by atoms with Gasteiger partial charge in [0.1, 0.15) is 6.61 Å². The Kier molecular flexibility index (Phi) is 6.02. The molecule has 0 aliphatic heterocycles. The fraction of sp³-hybridized carbons (Fsp3) is 0.308. The maximum absolute atomic E-state index is 11.4. The molecular formula is C13H13NO6-2. The number of hydrogen-bond donors (Lipinski definition) is 1. The highest BCUT2D eigenvalue weighted by atomic mass is 16.5. The molecule has 0 bridgehead atoms. The van der Waals surface area contributed by atoms with Gasteiger partial charge in [0.2, 0.25) is 0 Å². The second-order valence-corrected chi connectivity index (χ2v) is 3.99. The lowest BCUT2D eigenvalue weighted by atomic mass is 10.1. The summed E-state index contributed by atoms with van der Waals surface area (Å²) in [6.45, 7) is -0.0209. The molecule has 0 saturated carbocycles. The van der Waals surface area contributed by atoms with Crippen molar-refractivity contribution < 1.29 is 29.3 Å². The number of amides is 1. The molecule has 1 aromatic rings. The van der Waals surface area contributed by atoms with E-state index in [1.807, 2.05) is 5.32 Å². The first-order chi connectivity index (χ1) is 9.49. The topological polar surface area (TPSA) is 119 Å². The molecule has 1 amide bonds. The molecule has 7 heteroatoms. The molecule has 1 atom stereocenters. The molecule has 0 aliphatic rings. The van der Waals surface area contributed by atoms with Gasteiger partial charge in [-0.3, -0.25) is 0 Å². The maximum Gasteiger partial charge on any atom is 0.407 e. The second kappa shape index (κ2) is 7.78. The summed E-state index contributed by atoms with van der Waals surface area (Å²) in [6, 6.07) is 7.37. The highest BCUT2D eigenvalue weighted by Crippen LogP contribution is 2.02. The summed E-state index contributed by atoms with van der Waals surface area (Å²) in [7, 11) is 0. The minimum Gasteiger partial charge on any atom is -0.550 e. The average molecular weight is 279 g/mol. The summed E-state index contributed by atoms with van der Waals surface area (Å²) < 4.78 is 4.81. The van der Waals surface area contributed by atoms with E-state index >= 15 is 0 Å². The van der Waals surface area contributed by atoms with Gasteiger partial charge in [0.25, 0.3) is 0 Å². The Morgan fingerprint density at radius 1 is 1.15 bits per heavy atom. The van der Waals surface area contributed by atoms with Gasteiger partial charge in [0.05, 0.1) is 12.0 Å². The number of carbonyl (C=O) groups excluding carboxylic acids is 3. The van der Waals surface area contributed by atoms with Gasteiger partial charge in [-0.15, -0.1) is 0 Å². The number of rotatable bonds is 7. The molecule has 108 valence electrons. The lowest BCUT2D eigenvalue weighted by molar-refractivity contribution is -0.310. The van der Waals surface area contributed by atoms with Crippen molar-refractivity contribution in [1.29, 1.82) is 0 Å². The average Bonchev–Trinajstić information content (AvgIpc) is 2.41. The highest BCUT2D eigenvalue weighted by Gasteiger charge is 2.14. The van der Waals surface area contributed by atoms with E-state index in [1.54, 1.807) is 30.3 Å². The summed E-state index contributed by atoms with van der Waals surface area (Å²) in [5.41, 5.74) is 0.738. The third kappa shape index (κ3) is 5.85. The second-order valence-electron chi connectivity index (χ2n) is 3.99. The number of benzene rings is 1. The number of ether oxygens (including phenoxy) is 1. The SMILES string of the molecule is O=C([O-])CCC(NC(=O)OCc1ccccc1)C(=O)[O-]. The van der Waals surface area contributed by atoms with Crippen molar-refractivity contribution in [3.8, 4) is 0 Å². The van der Waals surface area contributed by atoms with Crippen molar-refractivity contribution in [2.75, 3.05) is 0 Å². The van der Waals surface area contributed by atoms with E-state index in [2.05, 4.69) is 0 Å². The summed E-state index contributed by atoms with van der Waals surface area (Å²) in [5.74, 6) is -2.99. The monoisotopic (exact) mass is 279 g/mol. The fourth-order valence-electron chi connectivity index (χ4n) is 1.42. The number of carboxylic acid groups (broad SMARTS) is 2. The Morgan fingerprint density at radius 3 is 2.35 bits per heavy atom. The zero-order chi connectivity index (χ0) is 15.0. The quantitative estimate of drug-likeness (QED) is 0.653. The van der Waals surface area contributed by atoms with Crippen molar-refractivity contribution in [3.63, 3.8) is 0 Å². The van der Waals surface area contributed by atoms with Gasteiger partial charge in [-0.2, -0.15) is 0 Å². The standard InChI is InChI=1S/C13H15NO6/c15-11(16)7-6-10(12(17)18)14-13(19)20-8-9-4-2-1-3-5-9/h1-5,10H,6-8H2,(H,14,19)(H,15,16)(H,17,18)/p-2. The molecule has 1 N–H and O–H groups in total. The third-order valence-electron chi connectivity index (χ3n) is 2.43. The van der Waals surface area contributed by atoms with Gasteiger partial charge >= 0.3 is 6.09 Å². The smallest absolute Gasteiger partial charge is 0.407 e. The van der Waals surface area contributed by atoms with E-state index in [9.17, 15) is 24.6 Å². The van der Waals surface area contributed by atoms with Crippen LogP contribution < -0.4 is 15.5 Å². The van der Waals surface area contributed by atoms with Gasteiger partial charge in [0, 0.05) is 5.97 Å². The van der Waals surface area contributed by atoms with Gasteiger partial charge in [0.15, 0.2) is 0 Å². The van der Waals surface area contributed by atoms with Gasteiger partial charge in [-0.25, -0.2) is 4.79 Å². The fourth-order valence-corrected chi connectivity index (χ4v) is 1.42. The molecule has 0 aliphatic carbocycles. The van der Waals surface area contributed by atoms with E-state index in [4.69, 9.17) is 4.74 Å². The molecule has 20 heavy (non-hydrogen) atoms. The molecule has 7 nitrogen and oxygen atoms in total. The van der Waals surface area contributed by atoms with E-state index in [0.717, 1.165) is 5.56 Å². The van der Waals surface area contributed by atoms with Crippen molar-refractivity contribution in [1.82, 2.24) is 5.32 Å². The zero-order valence-corrected chi connectivity index (χ0v) is 10.5. The molecule has 0 heterocycles. The van der Waals surface area contributed by atoms with Crippen LogP contribution in [0.4, 0.5) is 4.79 Å². The number of carboxylic acids is 2. The summed E-state index contributed by atoms with van der Waals surface area (Å²) >= 11 is 0. The van der Waals surface area contributed by atoms with Crippen LogP contribution in [0.3, 0.4) is 0 Å². The molecule has 1 aromatic carbocycles. The molecule has 1 unspecified atom stereocenters.